The average Bonchev–Trinajstić information content (AvgIpc) is 2.91. The van der Waals surface area contributed by atoms with Crippen molar-refractivity contribution < 1.29 is 27.4 Å². The van der Waals surface area contributed by atoms with Gasteiger partial charge >= 0.3 is 16.4 Å². The monoisotopic (exact) mass is 386 g/mol. The minimum atomic E-state index is -4.67. The number of aliphatic carboxylic acids is 1. The molecule has 1 heterocycles. The van der Waals surface area contributed by atoms with Gasteiger partial charge in [-0.05, 0) is 12.1 Å². The predicted octanol–water partition coefficient (Wildman–Crippen LogP) is 2.00. The standard InChI is InChI=1S/C12H9N.C3H7NO2S.H2O4S/c1-3-7-11-9(5-1)10-6-2-4-8-12(10)13-11;4-2(1-7)3(5)6;1-5(2,3)4/h1-8,13H;2,7H,1,4H2,(H,5,6);(H2,1,2,3,4)/t;2-;/m.0./s1. The fraction of sp³-hybridized carbons (Fsp3) is 0.133. The number of benzene rings is 2. The average molecular weight is 386 g/mol. The SMILES string of the molecule is N[C@@H](CS)C(=O)O.O=S(=O)(O)O.c1ccc2c(c1)[nH]c1ccccc12. The Morgan fingerprint density at radius 2 is 1.40 bits per heavy atom. The van der Waals surface area contributed by atoms with Crippen molar-refractivity contribution in [2.24, 2.45) is 5.73 Å². The van der Waals surface area contributed by atoms with Crippen LogP contribution in [-0.2, 0) is 15.2 Å². The summed E-state index contributed by atoms with van der Waals surface area (Å²) in [6, 6.07) is 15.9. The highest BCUT2D eigenvalue weighted by atomic mass is 32.3. The molecule has 0 aliphatic rings. The van der Waals surface area contributed by atoms with E-state index in [4.69, 9.17) is 28.4 Å². The van der Waals surface area contributed by atoms with Crippen LogP contribution in [0.15, 0.2) is 48.5 Å². The molecule has 8 nitrogen and oxygen atoms in total. The number of carboxylic acid groups (broad SMARTS) is 1. The van der Waals surface area contributed by atoms with Gasteiger partial charge in [-0.1, -0.05) is 36.4 Å². The molecule has 0 fully saturated rings. The Bertz CT molecular complexity index is 881. The Hall–Kier alpha value is -2.11. The first-order valence-corrected chi connectivity index (χ1v) is 8.91. The highest BCUT2D eigenvalue weighted by Crippen LogP contribution is 2.24. The maximum atomic E-state index is 9.76. The minimum Gasteiger partial charge on any atom is -0.480 e. The molecule has 1 atom stereocenters. The molecule has 0 saturated heterocycles. The highest BCUT2D eigenvalue weighted by molar-refractivity contribution is 7.80. The molecule has 10 heteroatoms. The normalized spacial score (nSPS) is 11.8. The fourth-order valence-corrected chi connectivity index (χ4v) is 2.03. The van der Waals surface area contributed by atoms with Gasteiger partial charge in [0.05, 0.1) is 0 Å². The summed E-state index contributed by atoms with van der Waals surface area (Å²) >= 11 is 3.65. The summed E-state index contributed by atoms with van der Waals surface area (Å²) in [5.74, 6) is -0.815. The number of thiol groups is 1. The molecule has 0 aliphatic carbocycles. The van der Waals surface area contributed by atoms with E-state index in [0.29, 0.717) is 0 Å². The van der Waals surface area contributed by atoms with Gasteiger partial charge in [0.2, 0.25) is 0 Å². The van der Waals surface area contributed by atoms with Crippen molar-refractivity contribution in [2.75, 3.05) is 5.75 Å². The van der Waals surface area contributed by atoms with Gasteiger partial charge in [-0.2, -0.15) is 21.0 Å². The van der Waals surface area contributed by atoms with Crippen molar-refractivity contribution in [2.45, 2.75) is 6.04 Å². The molecule has 0 spiro atoms. The van der Waals surface area contributed by atoms with Crippen LogP contribution in [0.25, 0.3) is 21.8 Å². The third-order valence-electron chi connectivity index (χ3n) is 2.93. The summed E-state index contributed by atoms with van der Waals surface area (Å²) in [6.45, 7) is 0. The first kappa shape index (κ1) is 20.9. The van der Waals surface area contributed by atoms with E-state index in [1.54, 1.807) is 0 Å². The van der Waals surface area contributed by atoms with E-state index < -0.39 is 22.4 Å². The molecular weight excluding hydrogens is 368 g/mol. The zero-order valence-electron chi connectivity index (χ0n) is 12.9. The van der Waals surface area contributed by atoms with E-state index in [2.05, 4.69) is 66.1 Å². The van der Waals surface area contributed by atoms with Crippen LogP contribution in [0.4, 0.5) is 0 Å². The second-order valence-electron chi connectivity index (χ2n) is 4.79. The van der Waals surface area contributed by atoms with Gasteiger partial charge in [-0.15, -0.1) is 0 Å². The summed E-state index contributed by atoms with van der Waals surface area (Å²) in [5.41, 5.74) is 7.36. The number of hydrogen-bond donors (Lipinski definition) is 6. The van der Waals surface area contributed by atoms with Gasteiger partial charge in [-0.3, -0.25) is 13.9 Å². The van der Waals surface area contributed by atoms with Crippen LogP contribution in [0.1, 0.15) is 0 Å². The first-order valence-electron chi connectivity index (χ1n) is 6.88. The molecule has 6 N–H and O–H groups in total. The van der Waals surface area contributed by atoms with E-state index in [9.17, 15) is 4.79 Å². The third-order valence-corrected chi connectivity index (χ3v) is 3.32. The number of aromatic amines is 1. The molecule has 25 heavy (non-hydrogen) atoms. The molecule has 0 aliphatic heterocycles. The lowest BCUT2D eigenvalue weighted by molar-refractivity contribution is -0.137. The van der Waals surface area contributed by atoms with Crippen LogP contribution in [-0.4, -0.2) is 45.4 Å². The van der Waals surface area contributed by atoms with Crippen LogP contribution in [0.5, 0.6) is 0 Å². The van der Waals surface area contributed by atoms with Crippen LogP contribution in [0, 0.1) is 0 Å². The lowest BCUT2D eigenvalue weighted by Gasteiger charge is -1.96. The van der Waals surface area contributed by atoms with Crippen molar-refractivity contribution in [1.82, 2.24) is 4.98 Å². The minimum absolute atomic E-state index is 0.190. The van der Waals surface area contributed by atoms with Gasteiger partial charge in [-0.25, -0.2) is 0 Å². The lowest BCUT2D eigenvalue weighted by atomic mass is 10.2. The van der Waals surface area contributed by atoms with Gasteiger partial charge in [0.1, 0.15) is 6.04 Å². The second-order valence-corrected chi connectivity index (χ2v) is 6.05. The van der Waals surface area contributed by atoms with Gasteiger partial charge in [0, 0.05) is 27.6 Å². The predicted molar refractivity (Wildman–Crippen MR) is 99.4 cm³/mol. The number of nitrogens with two attached hydrogens (primary N) is 1. The summed E-state index contributed by atoms with van der Waals surface area (Å²) in [7, 11) is -4.67. The number of rotatable bonds is 2. The molecule has 0 radical (unpaired) electrons. The Morgan fingerprint density at radius 3 is 1.68 bits per heavy atom. The maximum absolute atomic E-state index is 9.76. The Balaban J connectivity index is 0.000000223. The molecule has 136 valence electrons. The maximum Gasteiger partial charge on any atom is 0.394 e. The van der Waals surface area contributed by atoms with Crippen LogP contribution >= 0.6 is 12.6 Å². The molecule has 0 unspecified atom stereocenters. The topological polar surface area (TPSA) is 154 Å². The number of carbonyl (C=O) groups is 1. The molecule has 0 saturated carbocycles. The Labute approximate surface area is 149 Å². The van der Waals surface area contributed by atoms with Gasteiger partial charge in [0.15, 0.2) is 0 Å². The second kappa shape index (κ2) is 9.39. The number of fused-ring (bicyclic) bond motifs is 3. The number of H-pyrrole nitrogens is 1. The smallest absolute Gasteiger partial charge is 0.394 e. The van der Waals surface area contributed by atoms with Gasteiger partial charge in [0.25, 0.3) is 0 Å². The molecule has 1 aromatic heterocycles. The first-order chi connectivity index (χ1) is 11.6. The van der Waals surface area contributed by atoms with E-state index in [1.807, 2.05) is 0 Å². The Kier molecular flexibility index (Phi) is 7.87. The third kappa shape index (κ3) is 7.54. The van der Waals surface area contributed by atoms with E-state index >= 15 is 0 Å². The lowest BCUT2D eigenvalue weighted by Crippen LogP contribution is -2.31. The van der Waals surface area contributed by atoms with E-state index in [1.165, 1.54) is 21.8 Å². The van der Waals surface area contributed by atoms with Crippen molar-refractivity contribution in [1.29, 1.82) is 0 Å². The van der Waals surface area contributed by atoms with Crippen LogP contribution in [0.2, 0.25) is 0 Å². The summed E-state index contributed by atoms with van der Waals surface area (Å²) in [6.07, 6.45) is 0. The van der Waals surface area contributed by atoms with Crippen molar-refractivity contribution in [3.63, 3.8) is 0 Å². The van der Waals surface area contributed by atoms with E-state index in [-0.39, 0.29) is 5.75 Å². The van der Waals surface area contributed by atoms with Crippen molar-refractivity contribution >= 4 is 50.8 Å². The largest absolute Gasteiger partial charge is 0.480 e. The quantitative estimate of drug-likeness (QED) is 0.291. The zero-order chi connectivity index (χ0) is 19.0. The van der Waals surface area contributed by atoms with Gasteiger partial charge < -0.3 is 15.8 Å². The zero-order valence-corrected chi connectivity index (χ0v) is 14.6. The molecule has 0 amide bonds. The van der Waals surface area contributed by atoms with E-state index in [0.717, 1.165) is 0 Å². The van der Waals surface area contributed by atoms with Crippen LogP contribution in [0.3, 0.4) is 0 Å². The number of nitrogens with one attached hydrogen (secondary N) is 1. The number of carboxylic acids is 1. The highest BCUT2D eigenvalue weighted by Gasteiger charge is 2.06. The van der Waals surface area contributed by atoms with Crippen molar-refractivity contribution in [3.05, 3.63) is 48.5 Å². The summed E-state index contributed by atoms with van der Waals surface area (Å²) in [5, 5.41) is 10.6. The number of para-hydroxylation sites is 2. The molecule has 3 aromatic rings. The molecular formula is C15H18N2O6S2. The number of aromatic nitrogens is 1. The molecule has 0 bridgehead atoms. The Morgan fingerprint density at radius 1 is 1.04 bits per heavy atom. The molecule has 3 rings (SSSR count). The summed E-state index contributed by atoms with van der Waals surface area (Å²) < 4.78 is 31.6. The van der Waals surface area contributed by atoms with Crippen LogP contribution < -0.4 is 5.73 Å². The summed E-state index contributed by atoms with van der Waals surface area (Å²) in [4.78, 5) is 13.1. The van der Waals surface area contributed by atoms with Crippen molar-refractivity contribution in [3.8, 4) is 0 Å². The number of hydrogen-bond acceptors (Lipinski definition) is 5. The molecule has 2 aromatic carbocycles. The fourth-order valence-electron chi connectivity index (χ4n) is 1.88.